The minimum Gasteiger partial charge on any atom is -0.390 e. The van der Waals surface area contributed by atoms with Gasteiger partial charge in [0.15, 0.2) is 0 Å². The van der Waals surface area contributed by atoms with E-state index in [0.717, 1.165) is 23.9 Å². The molecule has 0 aliphatic heterocycles. The lowest BCUT2D eigenvalue weighted by atomic mass is 9.93. The molecule has 0 atom stereocenters. The van der Waals surface area contributed by atoms with Gasteiger partial charge in [0.1, 0.15) is 6.61 Å². The Bertz CT molecular complexity index is 706. The van der Waals surface area contributed by atoms with E-state index < -0.39 is 24.6 Å². The number of aromatic nitrogens is 1. The summed E-state index contributed by atoms with van der Waals surface area (Å²) in [7, 11) is 0. The number of benzene rings is 1. The first-order valence-electron chi connectivity index (χ1n) is 8.15. The third-order valence-electron chi connectivity index (χ3n) is 4.67. The summed E-state index contributed by atoms with van der Waals surface area (Å²) in [6, 6.07) is 4.48. The maximum atomic E-state index is 13.2. The number of hydrogen-bond acceptors (Lipinski definition) is 2. The summed E-state index contributed by atoms with van der Waals surface area (Å²) in [5.74, 6) is -3.09. The zero-order valence-corrected chi connectivity index (χ0v) is 13.7. The number of aromatic amines is 1. The van der Waals surface area contributed by atoms with Gasteiger partial charge in [-0.1, -0.05) is 0 Å². The molecule has 5 heteroatoms. The number of halogens is 2. The fourth-order valence-electron chi connectivity index (χ4n) is 3.36. The Labute approximate surface area is 135 Å². The van der Waals surface area contributed by atoms with Crippen LogP contribution < -0.4 is 5.32 Å². The van der Waals surface area contributed by atoms with E-state index in [9.17, 15) is 8.78 Å². The maximum absolute atomic E-state index is 13.2. The van der Waals surface area contributed by atoms with Gasteiger partial charge in [-0.15, -0.1) is 0 Å². The second kappa shape index (κ2) is 5.87. The molecular formula is C18H24F2N2O. The molecule has 3 rings (SSSR count). The Morgan fingerprint density at radius 2 is 1.91 bits per heavy atom. The predicted octanol–water partition coefficient (Wildman–Crippen LogP) is 3.19. The molecule has 3 nitrogen and oxygen atoms in total. The van der Waals surface area contributed by atoms with Gasteiger partial charge >= 0.3 is 0 Å². The van der Waals surface area contributed by atoms with Gasteiger partial charge in [0.25, 0.3) is 5.92 Å². The number of alkyl halides is 2. The van der Waals surface area contributed by atoms with Gasteiger partial charge in [-0.25, -0.2) is 8.78 Å². The summed E-state index contributed by atoms with van der Waals surface area (Å²) >= 11 is 0. The minimum atomic E-state index is -3.09. The molecule has 0 amide bonds. The molecule has 1 aromatic heterocycles. The highest BCUT2D eigenvalue weighted by molar-refractivity contribution is 5.85. The molecular weight excluding hydrogens is 298 g/mol. The Kier molecular flexibility index (Phi) is 4.19. The van der Waals surface area contributed by atoms with Crippen molar-refractivity contribution in [2.45, 2.75) is 51.0 Å². The summed E-state index contributed by atoms with van der Waals surface area (Å²) < 4.78 is 26.5. The van der Waals surface area contributed by atoms with Gasteiger partial charge in [-0.05, 0) is 68.4 Å². The highest BCUT2D eigenvalue weighted by Gasteiger charge is 2.31. The van der Waals surface area contributed by atoms with Crippen molar-refractivity contribution in [3.63, 3.8) is 0 Å². The third kappa shape index (κ3) is 3.56. The van der Waals surface area contributed by atoms with E-state index in [4.69, 9.17) is 5.11 Å². The molecule has 0 radical (unpaired) electrons. The first-order valence-corrected chi connectivity index (χ1v) is 8.15. The lowest BCUT2D eigenvalue weighted by Crippen LogP contribution is -2.48. The maximum Gasteiger partial charge on any atom is 0.282 e. The Morgan fingerprint density at radius 3 is 2.61 bits per heavy atom. The fourth-order valence-corrected chi connectivity index (χ4v) is 3.36. The first-order chi connectivity index (χ1) is 10.8. The monoisotopic (exact) mass is 322 g/mol. The highest BCUT2D eigenvalue weighted by atomic mass is 19.3. The molecule has 1 aromatic carbocycles. The van der Waals surface area contributed by atoms with E-state index >= 15 is 0 Å². The van der Waals surface area contributed by atoms with Crippen LogP contribution in [0.15, 0.2) is 18.3 Å². The first kappa shape index (κ1) is 16.4. The summed E-state index contributed by atoms with van der Waals surface area (Å²) in [6.45, 7) is 2.17. The SMILES string of the molecule is CC(C)(Cc1c[nH]c2cc3c(cc12)CCC3)NCC(F)(F)CO. The van der Waals surface area contributed by atoms with E-state index in [1.54, 1.807) is 0 Å². The molecule has 23 heavy (non-hydrogen) atoms. The van der Waals surface area contributed by atoms with Crippen molar-refractivity contribution in [2.24, 2.45) is 0 Å². The quantitative estimate of drug-likeness (QED) is 0.765. The van der Waals surface area contributed by atoms with Crippen molar-refractivity contribution < 1.29 is 13.9 Å². The summed E-state index contributed by atoms with van der Waals surface area (Å²) in [5, 5.41) is 12.8. The van der Waals surface area contributed by atoms with E-state index in [2.05, 4.69) is 22.4 Å². The number of fused-ring (bicyclic) bond motifs is 2. The Balaban J connectivity index is 1.78. The van der Waals surface area contributed by atoms with Gasteiger partial charge < -0.3 is 15.4 Å². The summed E-state index contributed by atoms with van der Waals surface area (Å²) in [4.78, 5) is 3.31. The number of nitrogens with one attached hydrogen (secondary N) is 2. The lowest BCUT2D eigenvalue weighted by Gasteiger charge is -2.28. The van der Waals surface area contributed by atoms with Gasteiger partial charge in [0, 0.05) is 22.6 Å². The van der Waals surface area contributed by atoms with Crippen LogP contribution in [0.5, 0.6) is 0 Å². The molecule has 126 valence electrons. The molecule has 1 aliphatic carbocycles. The van der Waals surface area contributed by atoms with Gasteiger partial charge in [0.05, 0.1) is 6.54 Å². The summed E-state index contributed by atoms with van der Waals surface area (Å²) in [5.41, 5.74) is 4.62. The minimum absolute atomic E-state index is 0.479. The number of H-pyrrole nitrogens is 1. The zero-order chi connectivity index (χ0) is 16.7. The van der Waals surface area contributed by atoms with Crippen molar-refractivity contribution in [3.05, 3.63) is 35.0 Å². The second-order valence-electron chi connectivity index (χ2n) is 7.26. The van der Waals surface area contributed by atoms with Gasteiger partial charge in [0.2, 0.25) is 0 Å². The molecule has 0 saturated heterocycles. The van der Waals surface area contributed by atoms with Crippen LogP contribution in [0.2, 0.25) is 0 Å². The average molecular weight is 322 g/mol. The van der Waals surface area contributed by atoms with Crippen LogP contribution in [0.4, 0.5) is 8.78 Å². The molecule has 0 saturated carbocycles. The van der Waals surface area contributed by atoms with Crippen molar-refractivity contribution >= 4 is 10.9 Å². The molecule has 1 aliphatic rings. The van der Waals surface area contributed by atoms with Crippen LogP contribution in [0.3, 0.4) is 0 Å². The van der Waals surface area contributed by atoms with Crippen LogP contribution >= 0.6 is 0 Å². The number of hydrogen-bond donors (Lipinski definition) is 3. The molecule has 0 unspecified atom stereocenters. The molecule has 1 heterocycles. The van der Waals surface area contributed by atoms with Crippen LogP contribution in [-0.4, -0.2) is 34.7 Å². The normalized spacial score (nSPS) is 15.3. The molecule has 2 aromatic rings. The smallest absolute Gasteiger partial charge is 0.282 e. The van der Waals surface area contributed by atoms with Crippen LogP contribution in [0, 0.1) is 0 Å². The van der Waals surface area contributed by atoms with Crippen molar-refractivity contribution in [3.8, 4) is 0 Å². The average Bonchev–Trinajstić information content (AvgIpc) is 3.10. The topological polar surface area (TPSA) is 48.0 Å². The number of aliphatic hydroxyl groups is 1. The van der Waals surface area contributed by atoms with E-state index in [1.165, 1.54) is 22.9 Å². The zero-order valence-electron chi connectivity index (χ0n) is 13.7. The number of aliphatic hydroxyl groups excluding tert-OH is 1. The highest BCUT2D eigenvalue weighted by Crippen LogP contribution is 2.30. The van der Waals surface area contributed by atoms with Crippen LogP contribution in [-0.2, 0) is 19.3 Å². The van der Waals surface area contributed by atoms with E-state index in [0.29, 0.717) is 6.42 Å². The Morgan fingerprint density at radius 1 is 1.22 bits per heavy atom. The largest absolute Gasteiger partial charge is 0.390 e. The second-order valence-corrected chi connectivity index (χ2v) is 7.26. The predicted molar refractivity (Wildman–Crippen MR) is 88.1 cm³/mol. The number of rotatable bonds is 6. The molecule has 0 bridgehead atoms. The molecule has 3 N–H and O–H groups in total. The molecule has 0 fully saturated rings. The fraction of sp³-hybridized carbons (Fsp3) is 0.556. The third-order valence-corrected chi connectivity index (χ3v) is 4.67. The lowest BCUT2D eigenvalue weighted by molar-refractivity contribution is -0.0517. The van der Waals surface area contributed by atoms with Crippen LogP contribution in [0.1, 0.15) is 37.0 Å². The van der Waals surface area contributed by atoms with Crippen molar-refractivity contribution in [1.29, 1.82) is 0 Å². The number of aryl methyl sites for hydroxylation is 2. The van der Waals surface area contributed by atoms with Crippen LogP contribution in [0.25, 0.3) is 10.9 Å². The molecule has 0 spiro atoms. The Hall–Kier alpha value is -1.46. The van der Waals surface area contributed by atoms with E-state index in [-0.39, 0.29) is 0 Å². The van der Waals surface area contributed by atoms with Crippen molar-refractivity contribution in [1.82, 2.24) is 10.3 Å². The standard InChI is InChI=1S/C18H24F2N2O/c1-17(2,22-10-18(19,20)11-23)8-14-9-21-16-7-13-5-3-4-12(13)6-15(14)16/h6-7,9,21-23H,3-5,8,10-11H2,1-2H3. The summed E-state index contributed by atoms with van der Waals surface area (Å²) in [6.07, 6.45) is 6.10. The van der Waals surface area contributed by atoms with Crippen molar-refractivity contribution in [2.75, 3.05) is 13.2 Å². The van der Waals surface area contributed by atoms with E-state index in [1.807, 2.05) is 20.0 Å². The van der Waals surface area contributed by atoms with Gasteiger partial charge in [-0.3, -0.25) is 0 Å². The van der Waals surface area contributed by atoms with Gasteiger partial charge in [-0.2, -0.15) is 0 Å².